The van der Waals surface area contributed by atoms with Crippen molar-refractivity contribution in [3.05, 3.63) is 47.2 Å². The van der Waals surface area contributed by atoms with Gasteiger partial charge in [0.2, 0.25) is 0 Å². The summed E-state index contributed by atoms with van der Waals surface area (Å²) < 4.78 is 0. The lowest BCUT2D eigenvalue weighted by Crippen LogP contribution is -2.39. The van der Waals surface area contributed by atoms with Crippen LogP contribution >= 0.6 is 0 Å². The highest BCUT2D eigenvalue weighted by molar-refractivity contribution is 5.92. The molecule has 1 atom stereocenters. The molecule has 0 aliphatic carbocycles. The molecule has 126 valence electrons. The van der Waals surface area contributed by atoms with E-state index in [1.54, 1.807) is 6.07 Å². The highest BCUT2D eigenvalue weighted by Crippen LogP contribution is 2.22. The van der Waals surface area contributed by atoms with Gasteiger partial charge < -0.3 is 10.2 Å². The van der Waals surface area contributed by atoms with Crippen LogP contribution in [0.25, 0.3) is 0 Å². The second-order valence-electron chi connectivity index (χ2n) is 6.67. The number of carbonyl (C=O) groups is 1. The van der Waals surface area contributed by atoms with E-state index in [-0.39, 0.29) is 5.91 Å². The quantitative estimate of drug-likeness (QED) is 0.935. The summed E-state index contributed by atoms with van der Waals surface area (Å²) in [7, 11) is 0. The van der Waals surface area contributed by atoms with Crippen LogP contribution in [0.15, 0.2) is 30.3 Å². The standard InChI is InChI=1S/C19H24N4O/c1-13-6-5-11-23(12-13)19(24)17-9-10-18(22-21-17)20-16-8-4-7-14(2)15(16)3/h4,7-10,13H,5-6,11-12H2,1-3H3,(H,20,22). The summed E-state index contributed by atoms with van der Waals surface area (Å²) in [6, 6.07) is 9.66. The molecule has 0 saturated carbocycles. The van der Waals surface area contributed by atoms with Crippen molar-refractivity contribution >= 4 is 17.4 Å². The number of hydrogen-bond donors (Lipinski definition) is 1. The Morgan fingerprint density at radius 2 is 2.04 bits per heavy atom. The Morgan fingerprint density at radius 1 is 1.21 bits per heavy atom. The zero-order valence-corrected chi connectivity index (χ0v) is 14.5. The van der Waals surface area contributed by atoms with Crippen molar-refractivity contribution in [2.75, 3.05) is 18.4 Å². The molecule has 3 rings (SSSR count). The first-order valence-electron chi connectivity index (χ1n) is 8.51. The molecule has 1 aromatic heterocycles. The van der Waals surface area contributed by atoms with Crippen LogP contribution in [-0.2, 0) is 0 Å². The minimum atomic E-state index is -0.0210. The number of carbonyl (C=O) groups excluding carboxylic acids is 1. The number of aryl methyl sites for hydroxylation is 1. The van der Waals surface area contributed by atoms with Crippen molar-refractivity contribution in [2.45, 2.75) is 33.6 Å². The summed E-state index contributed by atoms with van der Waals surface area (Å²) in [6.07, 6.45) is 2.25. The molecule has 1 amide bonds. The summed E-state index contributed by atoms with van der Waals surface area (Å²) >= 11 is 0. The number of benzene rings is 1. The molecule has 1 fully saturated rings. The summed E-state index contributed by atoms with van der Waals surface area (Å²) in [5.74, 6) is 1.18. The summed E-state index contributed by atoms with van der Waals surface area (Å²) in [5.41, 5.74) is 3.82. The molecule has 1 aliphatic heterocycles. The fourth-order valence-electron chi connectivity index (χ4n) is 3.07. The average molecular weight is 324 g/mol. The first kappa shape index (κ1) is 16.4. The molecule has 1 aromatic carbocycles. The van der Waals surface area contributed by atoms with Gasteiger partial charge in [-0.2, -0.15) is 0 Å². The Balaban J connectivity index is 1.71. The lowest BCUT2D eigenvalue weighted by atomic mass is 10.00. The molecule has 24 heavy (non-hydrogen) atoms. The third kappa shape index (κ3) is 3.55. The van der Waals surface area contributed by atoms with Gasteiger partial charge in [0.25, 0.3) is 5.91 Å². The van der Waals surface area contributed by atoms with Crippen molar-refractivity contribution in [1.82, 2.24) is 15.1 Å². The normalized spacial score (nSPS) is 17.6. The molecule has 0 radical (unpaired) electrons. The molecule has 2 aromatic rings. The highest BCUT2D eigenvalue weighted by Gasteiger charge is 2.23. The molecule has 2 heterocycles. The van der Waals surface area contributed by atoms with Crippen LogP contribution in [-0.4, -0.2) is 34.1 Å². The monoisotopic (exact) mass is 324 g/mol. The van der Waals surface area contributed by atoms with E-state index < -0.39 is 0 Å². The smallest absolute Gasteiger partial charge is 0.274 e. The second-order valence-corrected chi connectivity index (χ2v) is 6.67. The summed E-state index contributed by atoms with van der Waals surface area (Å²) in [4.78, 5) is 14.4. The lowest BCUT2D eigenvalue weighted by Gasteiger charge is -2.30. The summed E-state index contributed by atoms with van der Waals surface area (Å²) in [6.45, 7) is 7.95. The lowest BCUT2D eigenvalue weighted by molar-refractivity contribution is 0.0676. The zero-order chi connectivity index (χ0) is 17.1. The van der Waals surface area contributed by atoms with Gasteiger partial charge in [0.05, 0.1) is 0 Å². The number of aromatic nitrogens is 2. The minimum Gasteiger partial charge on any atom is -0.339 e. The Bertz CT molecular complexity index is 727. The second kappa shape index (κ2) is 6.99. The average Bonchev–Trinajstić information content (AvgIpc) is 2.59. The molecule has 0 spiro atoms. The number of piperidine rings is 1. The third-order valence-electron chi connectivity index (χ3n) is 4.70. The Hall–Kier alpha value is -2.43. The van der Waals surface area contributed by atoms with Crippen LogP contribution in [0.5, 0.6) is 0 Å². The van der Waals surface area contributed by atoms with Crippen LogP contribution in [0.2, 0.25) is 0 Å². The Labute approximate surface area is 143 Å². The van der Waals surface area contributed by atoms with Crippen LogP contribution in [0, 0.1) is 19.8 Å². The van der Waals surface area contributed by atoms with Crippen LogP contribution in [0.1, 0.15) is 41.4 Å². The number of likely N-dealkylation sites (tertiary alicyclic amines) is 1. The number of nitrogens with zero attached hydrogens (tertiary/aromatic N) is 3. The van der Waals surface area contributed by atoms with Gasteiger partial charge in [0, 0.05) is 18.8 Å². The fraction of sp³-hybridized carbons (Fsp3) is 0.421. The minimum absolute atomic E-state index is 0.0210. The van der Waals surface area contributed by atoms with E-state index in [0.717, 1.165) is 25.2 Å². The molecular weight excluding hydrogens is 300 g/mol. The maximum Gasteiger partial charge on any atom is 0.274 e. The number of amides is 1. The molecule has 5 nitrogen and oxygen atoms in total. The van der Waals surface area contributed by atoms with Gasteiger partial charge >= 0.3 is 0 Å². The third-order valence-corrected chi connectivity index (χ3v) is 4.70. The molecule has 1 saturated heterocycles. The van der Waals surface area contributed by atoms with Crippen molar-refractivity contribution in [1.29, 1.82) is 0 Å². The molecule has 1 unspecified atom stereocenters. The van der Waals surface area contributed by atoms with Crippen LogP contribution < -0.4 is 5.32 Å². The van der Waals surface area contributed by atoms with Gasteiger partial charge in [-0.1, -0.05) is 19.1 Å². The van der Waals surface area contributed by atoms with E-state index in [1.165, 1.54) is 17.5 Å². The molecule has 5 heteroatoms. The molecule has 1 N–H and O–H groups in total. The predicted octanol–water partition coefficient (Wildman–Crippen LogP) is 3.71. The first-order valence-corrected chi connectivity index (χ1v) is 8.51. The van der Waals surface area contributed by atoms with Crippen molar-refractivity contribution in [3.8, 4) is 0 Å². The highest BCUT2D eigenvalue weighted by atomic mass is 16.2. The van der Waals surface area contributed by atoms with Crippen molar-refractivity contribution in [3.63, 3.8) is 0 Å². The van der Waals surface area contributed by atoms with Crippen LogP contribution in [0.3, 0.4) is 0 Å². The molecule has 0 bridgehead atoms. The first-order chi connectivity index (χ1) is 11.5. The van der Waals surface area contributed by atoms with Gasteiger partial charge in [0.1, 0.15) is 0 Å². The summed E-state index contributed by atoms with van der Waals surface area (Å²) in [5, 5.41) is 11.6. The van der Waals surface area contributed by atoms with Gasteiger partial charge in [-0.3, -0.25) is 4.79 Å². The number of anilines is 2. The Kier molecular flexibility index (Phi) is 4.79. The van der Waals surface area contributed by atoms with E-state index in [0.29, 0.717) is 17.4 Å². The topological polar surface area (TPSA) is 58.1 Å². The van der Waals surface area contributed by atoms with Crippen LogP contribution in [0.4, 0.5) is 11.5 Å². The zero-order valence-electron chi connectivity index (χ0n) is 14.5. The van der Waals surface area contributed by atoms with Gasteiger partial charge in [-0.15, -0.1) is 10.2 Å². The maximum absolute atomic E-state index is 12.5. The number of hydrogen-bond acceptors (Lipinski definition) is 4. The largest absolute Gasteiger partial charge is 0.339 e. The SMILES string of the molecule is Cc1cccc(Nc2ccc(C(=O)N3CCCC(C)C3)nn2)c1C. The van der Waals surface area contributed by atoms with Gasteiger partial charge in [-0.25, -0.2) is 0 Å². The molecule has 1 aliphatic rings. The predicted molar refractivity (Wildman–Crippen MR) is 95.5 cm³/mol. The number of nitrogens with one attached hydrogen (secondary N) is 1. The Morgan fingerprint density at radius 3 is 2.75 bits per heavy atom. The van der Waals surface area contributed by atoms with E-state index in [9.17, 15) is 4.79 Å². The van der Waals surface area contributed by atoms with Crippen molar-refractivity contribution < 1.29 is 4.79 Å². The fourth-order valence-corrected chi connectivity index (χ4v) is 3.07. The number of rotatable bonds is 3. The van der Waals surface area contributed by atoms with E-state index in [2.05, 4.69) is 42.4 Å². The van der Waals surface area contributed by atoms with Crippen molar-refractivity contribution in [2.24, 2.45) is 5.92 Å². The van der Waals surface area contributed by atoms with Gasteiger partial charge in [-0.05, 0) is 61.9 Å². The van der Waals surface area contributed by atoms with E-state index in [1.807, 2.05) is 23.1 Å². The molecular formula is C19H24N4O. The van der Waals surface area contributed by atoms with E-state index >= 15 is 0 Å². The maximum atomic E-state index is 12.5. The van der Waals surface area contributed by atoms with Gasteiger partial charge in [0.15, 0.2) is 11.5 Å². The van der Waals surface area contributed by atoms with E-state index in [4.69, 9.17) is 0 Å².